The van der Waals surface area contributed by atoms with E-state index in [1.54, 1.807) is 14.2 Å². The summed E-state index contributed by atoms with van der Waals surface area (Å²) >= 11 is 0. The first kappa shape index (κ1) is 22.1. The van der Waals surface area contributed by atoms with E-state index in [9.17, 15) is 9.59 Å². The first-order valence-corrected chi connectivity index (χ1v) is 11.1. The first-order valence-electron chi connectivity index (χ1n) is 11.1. The van der Waals surface area contributed by atoms with E-state index in [-0.39, 0.29) is 17.9 Å². The van der Waals surface area contributed by atoms with E-state index in [0.717, 1.165) is 48.1 Å². The van der Waals surface area contributed by atoms with Crippen LogP contribution in [0.4, 0.5) is 4.79 Å². The summed E-state index contributed by atoms with van der Waals surface area (Å²) in [6.45, 7) is 2.48. The molecule has 2 N–H and O–H groups in total. The number of fused-ring (bicyclic) bond motifs is 2. The van der Waals surface area contributed by atoms with Gasteiger partial charge in [0.15, 0.2) is 0 Å². The van der Waals surface area contributed by atoms with Crippen LogP contribution in [0.5, 0.6) is 11.5 Å². The van der Waals surface area contributed by atoms with Gasteiger partial charge in [-0.05, 0) is 72.6 Å². The summed E-state index contributed by atoms with van der Waals surface area (Å²) in [6, 6.07) is 13.1. The second-order valence-electron chi connectivity index (χ2n) is 8.42. The van der Waals surface area contributed by atoms with Crippen LogP contribution in [0.25, 0.3) is 0 Å². The second-order valence-corrected chi connectivity index (χ2v) is 8.42. The molecule has 170 valence electrons. The van der Waals surface area contributed by atoms with Crippen molar-refractivity contribution in [2.45, 2.75) is 50.9 Å². The molecule has 1 fully saturated rings. The fraction of sp³-hybridized carbons (Fsp3) is 0.440. The molecule has 32 heavy (non-hydrogen) atoms. The highest BCUT2D eigenvalue weighted by Crippen LogP contribution is 2.47. The number of ether oxygens (including phenoxy) is 3. The van der Waals surface area contributed by atoms with Crippen LogP contribution in [0.3, 0.4) is 0 Å². The van der Waals surface area contributed by atoms with E-state index in [1.165, 1.54) is 0 Å². The number of methoxy groups -OCH3 is 2. The molecule has 1 heterocycles. The zero-order valence-corrected chi connectivity index (χ0v) is 18.8. The van der Waals surface area contributed by atoms with Crippen LogP contribution in [0, 0.1) is 5.92 Å². The maximum Gasteiger partial charge on any atom is 0.322 e. The Morgan fingerprint density at radius 2 is 1.84 bits per heavy atom. The van der Waals surface area contributed by atoms with Crippen molar-refractivity contribution < 1.29 is 23.8 Å². The van der Waals surface area contributed by atoms with Crippen LogP contribution in [0.15, 0.2) is 42.5 Å². The number of rotatable bonds is 9. The summed E-state index contributed by atoms with van der Waals surface area (Å²) in [7, 11) is 3.35. The van der Waals surface area contributed by atoms with Crippen molar-refractivity contribution >= 4 is 11.9 Å². The van der Waals surface area contributed by atoms with Gasteiger partial charge in [-0.1, -0.05) is 25.1 Å². The van der Waals surface area contributed by atoms with Gasteiger partial charge in [-0.15, -0.1) is 0 Å². The fourth-order valence-corrected chi connectivity index (χ4v) is 4.86. The molecule has 3 amide bonds. The van der Waals surface area contributed by atoms with E-state index in [1.807, 2.05) is 42.5 Å². The Morgan fingerprint density at radius 3 is 2.47 bits per heavy atom. The highest BCUT2D eigenvalue weighted by molar-refractivity contribution is 6.08. The smallest absolute Gasteiger partial charge is 0.322 e. The van der Waals surface area contributed by atoms with Crippen LogP contribution >= 0.6 is 0 Å². The number of carbonyl (C=O) groups is 2. The van der Waals surface area contributed by atoms with E-state index >= 15 is 0 Å². The third kappa shape index (κ3) is 4.05. The van der Waals surface area contributed by atoms with Crippen LogP contribution in [-0.4, -0.2) is 32.3 Å². The van der Waals surface area contributed by atoms with Crippen LogP contribution in [0.1, 0.15) is 42.9 Å². The van der Waals surface area contributed by atoms with Crippen molar-refractivity contribution in [3.8, 4) is 11.5 Å². The molecule has 7 heteroatoms. The minimum atomic E-state index is -1.06. The van der Waals surface area contributed by atoms with Crippen LogP contribution < -0.4 is 20.1 Å². The summed E-state index contributed by atoms with van der Waals surface area (Å²) in [5.41, 5.74) is 1.84. The molecule has 1 saturated heterocycles. The number of carbonyl (C=O) groups excluding carboxylic acids is 2. The number of hydrogen-bond donors (Lipinski definition) is 2. The Hall–Kier alpha value is -3.06. The molecule has 2 aromatic carbocycles. The topological polar surface area (TPSA) is 85.9 Å². The lowest BCUT2D eigenvalue weighted by molar-refractivity contribution is -0.126. The second kappa shape index (κ2) is 9.20. The standard InChI is InChI=1S/C25H30N2O5/c1-4-19(30-2)12-8-18-13-17-7-11-21(32-15-16-5-9-20(31-3)10-6-16)14-22(17)25(18)23(28)26-24(29)27-25/h5-7,9-11,14,18-19H,4,8,12-13,15H2,1-3H3,(H2,26,27,28,29). The Bertz CT molecular complexity index is 986. The highest BCUT2D eigenvalue weighted by atomic mass is 16.5. The molecule has 1 spiro atoms. The Balaban J connectivity index is 1.56. The molecule has 0 bridgehead atoms. The predicted octanol–water partition coefficient (Wildman–Crippen LogP) is 3.69. The van der Waals surface area contributed by atoms with E-state index in [4.69, 9.17) is 14.2 Å². The fourth-order valence-electron chi connectivity index (χ4n) is 4.86. The van der Waals surface area contributed by atoms with Gasteiger partial charge in [0.05, 0.1) is 13.2 Å². The van der Waals surface area contributed by atoms with Crippen molar-refractivity contribution in [2.24, 2.45) is 5.92 Å². The SMILES string of the molecule is CCC(CCC1Cc2ccc(OCc3ccc(OC)cc3)cc2C12NC(=O)NC2=O)OC. The molecule has 2 aliphatic rings. The maximum absolute atomic E-state index is 13.0. The summed E-state index contributed by atoms with van der Waals surface area (Å²) in [5, 5.41) is 5.40. The number of urea groups is 1. The number of benzene rings is 2. The molecule has 0 radical (unpaired) electrons. The minimum Gasteiger partial charge on any atom is -0.497 e. The van der Waals surface area contributed by atoms with Gasteiger partial charge in [-0.25, -0.2) is 4.79 Å². The number of hydrogen-bond acceptors (Lipinski definition) is 5. The third-order valence-corrected chi connectivity index (χ3v) is 6.67. The summed E-state index contributed by atoms with van der Waals surface area (Å²) < 4.78 is 16.7. The van der Waals surface area contributed by atoms with Gasteiger partial charge in [-0.3, -0.25) is 10.1 Å². The van der Waals surface area contributed by atoms with Crippen molar-refractivity contribution in [2.75, 3.05) is 14.2 Å². The van der Waals surface area contributed by atoms with Gasteiger partial charge in [0, 0.05) is 7.11 Å². The average molecular weight is 439 g/mol. The third-order valence-electron chi connectivity index (χ3n) is 6.67. The first-order chi connectivity index (χ1) is 15.5. The molecule has 3 unspecified atom stereocenters. The molecule has 0 aromatic heterocycles. The van der Waals surface area contributed by atoms with Crippen LogP contribution in [0.2, 0.25) is 0 Å². The minimum absolute atomic E-state index is 0.0370. The summed E-state index contributed by atoms with van der Waals surface area (Å²) in [5.74, 6) is 1.13. The average Bonchev–Trinajstić information content (AvgIpc) is 3.29. The van der Waals surface area contributed by atoms with E-state index in [2.05, 4.69) is 17.6 Å². The molecular weight excluding hydrogens is 408 g/mol. The maximum atomic E-state index is 13.0. The molecular formula is C25H30N2O5. The zero-order chi connectivity index (χ0) is 22.7. The van der Waals surface area contributed by atoms with Gasteiger partial charge in [-0.2, -0.15) is 0 Å². The zero-order valence-electron chi connectivity index (χ0n) is 18.8. The predicted molar refractivity (Wildman–Crippen MR) is 120 cm³/mol. The van der Waals surface area contributed by atoms with Gasteiger partial charge < -0.3 is 19.5 Å². The Kier molecular flexibility index (Phi) is 6.37. The van der Waals surface area contributed by atoms with Crippen LogP contribution in [-0.2, 0) is 28.1 Å². The molecule has 2 aromatic rings. The molecule has 7 nitrogen and oxygen atoms in total. The summed E-state index contributed by atoms with van der Waals surface area (Å²) in [4.78, 5) is 25.2. The van der Waals surface area contributed by atoms with Gasteiger partial charge in [0.25, 0.3) is 5.91 Å². The lowest BCUT2D eigenvalue weighted by atomic mass is 9.80. The van der Waals surface area contributed by atoms with E-state index in [0.29, 0.717) is 12.4 Å². The highest BCUT2D eigenvalue weighted by Gasteiger charge is 2.57. The van der Waals surface area contributed by atoms with Gasteiger partial charge in [0.1, 0.15) is 23.6 Å². The quantitative estimate of drug-likeness (QED) is 0.584. The van der Waals surface area contributed by atoms with Gasteiger partial charge in [0.2, 0.25) is 0 Å². The molecule has 1 aliphatic carbocycles. The molecule has 1 aliphatic heterocycles. The van der Waals surface area contributed by atoms with Crippen molar-refractivity contribution in [3.05, 3.63) is 59.2 Å². The van der Waals surface area contributed by atoms with Crippen molar-refractivity contribution in [1.82, 2.24) is 10.6 Å². The Morgan fingerprint density at radius 1 is 1.09 bits per heavy atom. The van der Waals surface area contributed by atoms with Gasteiger partial charge >= 0.3 is 6.03 Å². The lowest BCUT2D eigenvalue weighted by Gasteiger charge is -2.30. The van der Waals surface area contributed by atoms with E-state index < -0.39 is 11.6 Å². The number of nitrogens with one attached hydrogen (secondary N) is 2. The van der Waals surface area contributed by atoms with Crippen molar-refractivity contribution in [1.29, 1.82) is 0 Å². The molecule has 3 atom stereocenters. The largest absolute Gasteiger partial charge is 0.497 e. The summed E-state index contributed by atoms with van der Waals surface area (Å²) in [6.07, 6.45) is 3.38. The number of imide groups is 1. The Labute approximate surface area is 188 Å². The monoisotopic (exact) mass is 438 g/mol. The normalized spacial score (nSPS) is 22.4. The molecule has 4 rings (SSSR count). The van der Waals surface area contributed by atoms with Crippen molar-refractivity contribution in [3.63, 3.8) is 0 Å². The number of amides is 3. The molecule has 0 saturated carbocycles. The lowest BCUT2D eigenvalue weighted by Crippen LogP contribution is -2.48.